The smallest absolute Gasteiger partial charge is 0.241 e. The van der Waals surface area contributed by atoms with E-state index in [0.717, 1.165) is 32.5 Å². The molecule has 25 heavy (non-hydrogen) atoms. The number of amides is 2. The minimum atomic E-state index is -0.00331. The molecule has 3 fully saturated rings. The predicted molar refractivity (Wildman–Crippen MR) is 98.8 cm³/mol. The van der Waals surface area contributed by atoms with Crippen LogP contribution >= 0.6 is 0 Å². The highest BCUT2D eigenvalue weighted by Gasteiger charge is 2.41. The van der Waals surface area contributed by atoms with Gasteiger partial charge >= 0.3 is 0 Å². The summed E-state index contributed by atoms with van der Waals surface area (Å²) in [4.78, 5) is 30.5. The van der Waals surface area contributed by atoms with Gasteiger partial charge in [-0.25, -0.2) is 0 Å². The predicted octanol–water partition coefficient (Wildman–Crippen LogP) is 1.71. The lowest BCUT2D eigenvalue weighted by Gasteiger charge is -2.36. The fourth-order valence-electron chi connectivity index (χ4n) is 3.68. The monoisotopic (exact) mass is 341 g/mol. The molecule has 1 aromatic carbocycles. The van der Waals surface area contributed by atoms with E-state index in [1.807, 2.05) is 23.1 Å². The Bertz CT molecular complexity index is 642. The molecule has 0 unspecified atom stereocenters. The molecule has 2 amide bonds. The van der Waals surface area contributed by atoms with Gasteiger partial charge in [-0.1, -0.05) is 42.5 Å². The van der Waals surface area contributed by atoms with Crippen LogP contribution in [0, 0.1) is 5.92 Å². The van der Waals surface area contributed by atoms with Crippen LogP contribution in [-0.4, -0.2) is 72.8 Å². The van der Waals surface area contributed by atoms with E-state index < -0.39 is 0 Å². The van der Waals surface area contributed by atoms with Crippen molar-refractivity contribution in [2.45, 2.75) is 18.9 Å². The van der Waals surface area contributed by atoms with Crippen molar-refractivity contribution in [2.75, 3.05) is 40.3 Å². The molecule has 2 atom stereocenters. The molecule has 0 radical (unpaired) electrons. The second-order valence-electron chi connectivity index (χ2n) is 7.21. The summed E-state index contributed by atoms with van der Waals surface area (Å²) in [5, 5.41) is 0. The van der Waals surface area contributed by atoms with Crippen molar-refractivity contribution in [3.05, 3.63) is 42.0 Å². The molecular weight excluding hydrogens is 314 g/mol. The van der Waals surface area contributed by atoms with E-state index in [1.165, 1.54) is 5.56 Å². The summed E-state index contributed by atoms with van der Waals surface area (Å²) in [7, 11) is 3.48. The van der Waals surface area contributed by atoms with Gasteiger partial charge in [-0.15, -0.1) is 0 Å². The Morgan fingerprint density at radius 3 is 2.68 bits per heavy atom. The Morgan fingerprint density at radius 2 is 1.96 bits per heavy atom. The molecule has 1 aromatic rings. The van der Waals surface area contributed by atoms with Crippen molar-refractivity contribution in [1.82, 2.24) is 14.7 Å². The topological polar surface area (TPSA) is 43.9 Å². The molecule has 0 spiro atoms. The third-order valence-electron chi connectivity index (χ3n) is 5.15. The fraction of sp³-hybridized carbons (Fsp3) is 0.500. The first-order valence-corrected chi connectivity index (χ1v) is 8.99. The first kappa shape index (κ1) is 17.7. The first-order chi connectivity index (χ1) is 12.0. The van der Waals surface area contributed by atoms with Gasteiger partial charge < -0.3 is 9.80 Å². The molecule has 134 valence electrons. The highest BCUT2D eigenvalue weighted by Crippen LogP contribution is 2.29. The van der Waals surface area contributed by atoms with Crippen LogP contribution < -0.4 is 0 Å². The van der Waals surface area contributed by atoms with Gasteiger partial charge in [-0.3, -0.25) is 14.5 Å². The lowest BCUT2D eigenvalue weighted by molar-refractivity contribution is -0.145. The third kappa shape index (κ3) is 4.28. The quantitative estimate of drug-likeness (QED) is 0.819. The zero-order valence-electron chi connectivity index (χ0n) is 15.1. The molecule has 2 bridgehead atoms. The van der Waals surface area contributed by atoms with Gasteiger partial charge in [-0.05, 0) is 18.4 Å². The van der Waals surface area contributed by atoms with Gasteiger partial charge in [-0.2, -0.15) is 0 Å². The van der Waals surface area contributed by atoms with Gasteiger partial charge in [0.15, 0.2) is 0 Å². The third-order valence-corrected chi connectivity index (χ3v) is 5.15. The maximum absolute atomic E-state index is 12.7. The van der Waals surface area contributed by atoms with Crippen LogP contribution in [0.2, 0.25) is 0 Å². The summed E-state index contributed by atoms with van der Waals surface area (Å²) in [6.45, 7) is 2.69. The van der Waals surface area contributed by atoms with Gasteiger partial charge in [0.05, 0.1) is 5.92 Å². The van der Waals surface area contributed by atoms with Crippen LogP contribution in [-0.2, 0) is 9.59 Å². The first-order valence-electron chi connectivity index (χ1n) is 8.99. The normalized spacial score (nSPS) is 23.9. The molecule has 4 rings (SSSR count). The molecule has 5 heteroatoms. The molecule has 3 heterocycles. The zero-order chi connectivity index (χ0) is 17.8. The van der Waals surface area contributed by atoms with Gasteiger partial charge in [0.2, 0.25) is 11.8 Å². The van der Waals surface area contributed by atoms with E-state index in [9.17, 15) is 9.59 Å². The Balaban J connectivity index is 1.63. The number of likely N-dealkylation sites (N-methyl/N-ethyl adjacent to an activating group) is 1. The number of carbonyl (C=O) groups is 2. The van der Waals surface area contributed by atoms with Gasteiger partial charge in [0.1, 0.15) is 6.54 Å². The highest BCUT2D eigenvalue weighted by molar-refractivity contribution is 5.86. The Labute approximate surface area is 149 Å². The Kier molecular flexibility index (Phi) is 5.53. The lowest BCUT2D eigenvalue weighted by Crippen LogP contribution is -2.51. The van der Waals surface area contributed by atoms with E-state index in [0.29, 0.717) is 0 Å². The maximum atomic E-state index is 12.7. The maximum Gasteiger partial charge on any atom is 0.241 e. The second kappa shape index (κ2) is 7.83. The molecule has 3 saturated heterocycles. The lowest BCUT2D eigenvalue weighted by atomic mass is 9.94. The second-order valence-corrected chi connectivity index (χ2v) is 7.21. The Morgan fingerprint density at radius 1 is 1.20 bits per heavy atom. The van der Waals surface area contributed by atoms with Crippen LogP contribution in [0.15, 0.2) is 36.4 Å². The molecule has 0 aliphatic carbocycles. The molecule has 0 N–H and O–H groups in total. The number of fused-ring (bicyclic) bond motifs is 4. The van der Waals surface area contributed by atoms with E-state index in [2.05, 4.69) is 29.2 Å². The molecule has 0 aromatic heterocycles. The molecule has 3 aliphatic heterocycles. The van der Waals surface area contributed by atoms with Crippen molar-refractivity contribution >= 4 is 17.9 Å². The summed E-state index contributed by atoms with van der Waals surface area (Å²) in [5.41, 5.74) is 1.19. The van der Waals surface area contributed by atoms with Crippen molar-refractivity contribution in [1.29, 1.82) is 0 Å². The standard InChI is InChI=1S/C20H27N3O2/c1-21(2)19(24)15-23-18-11-10-17(20(23)25)13-22(14-18)12-6-9-16-7-4-3-5-8-16/h3-9,17-18H,10-15H2,1-2H3/b9-6+/t17-,18+/m1/s1. The highest BCUT2D eigenvalue weighted by atomic mass is 16.2. The minimum absolute atomic E-state index is 0.00331. The average Bonchev–Trinajstić information content (AvgIpc) is 2.88. The summed E-state index contributed by atoms with van der Waals surface area (Å²) in [6, 6.07) is 10.4. The van der Waals surface area contributed by atoms with E-state index in [1.54, 1.807) is 19.0 Å². The minimum Gasteiger partial charge on any atom is -0.347 e. The largest absolute Gasteiger partial charge is 0.347 e. The molecular formula is C20H27N3O2. The van der Waals surface area contributed by atoms with Crippen molar-refractivity contribution in [2.24, 2.45) is 5.92 Å². The fourth-order valence-corrected chi connectivity index (χ4v) is 3.68. The number of carbonyl (C=O) groups excluding carboxylic acids is 2. The number of nitrogens with zero attached hydrogens (tertiary/aromatic N) is 3. The summed E-state index contributed by atoms with van der Waals surface area (Å²) in [6.07, 6.45) is 6.23. The van der Waals surface area contributed by atoms with Crippen LogP contribution in [0.3, 0.4) is 0 Å². The van der Waals surface area contributed by atoms with Crippen molar-refractivity contribution in [3.8, 4) is 0 Å². The molecule has 3 aliphatic rings. The van der Waals surface area contributed by atoms with E-state index in [4.69, 9.17) is 0 Å². The van der Waals surface area contributed by atoms with Crippen molar-refractivity contribution in [3.63, 3.8) is 0 Å². The van der Waals surface area contributed by atoms with Crippen LogP contribution in [0.25, 0.3) is 6.08 Å². The summed E-state index contributed by atoms with van der Waals surface area (Å²) in [5.74, 6) is 0.177. The van der Waals surface area contributed by atoms with Crippen LogP contribution in [0.5, 0.6) is 0 Å². The van der Waals surface area contributed by atoms with E-state index in [-0.39, 0.29) is 30.3 Å². The van der Waals surface area contributed by atoms with Gasteiger partial charge in [0.25, 0.3) is 0 Å². The number of piperidine rings is 1. The van der Waals surface area contributed by atoms with Crippen LogP contribution in [0.4, 0.5) is 0 Å². The van der Waals surface area contributed by atoms with Crippen LogP contribution in [0.1, 0.15) is 18.4 Å². The van der Waals surface area contributed by atoms with Gasteiger partial charge in [0, 0.05) is 39.8 Å². The van der Waals surface area contributed by atoms with E-state index >= 15 is 0 Å². The SMILES string of the molecule is CN(C)C(=O)CN1C(=O)[C@@H]2CC[C@H]1CN(C/C=C/c1ccccc1)C2. The summed E-state index contributed by atoms with van der Waals surface area (Å²) < 4.78 is 0. The number of hydrogen-bond donors (Lipinski definition) is 0. The summed E-state index contributed by atoms with van der Waals surface area (Å²) >= 11 is 0. The molecule has 0 saturated carbocycles. The number of rotatable bonds is 5. The average molecular weight is 341 g/mol. The Hall–Kier alpha value is -2.14. The molecule has 5 nitrogen and oxygen atoms in total. The number of benzene rings is 1. The zero-order valence-corrected chi connectivity index (χ0v) is 15.1. The number of hydrogen-bond acceptors (Lipinski definition) is 3. The van der Waals surface area contributed by atoms with Crippen molar-refractivity contribution < 1.29 is 9.59 Å².